The van der Waals surface area contributed by atoms with Gasteiger partial charge in [0.05, 0.1) is 39.6 Å². The summed E-state index contributed by atoms with van der Waals surface area (Å²) in [6, 6.07) is 15.4. The van der Waals surface area contributed by atoms with Crippen LogP contribution in [0.4, 0.5) is 0 Å². The molecule has 0 aliphatic heterocycles. The normalized spacial score (nSPS) is 10.2. The van der Waals surface area contributed by atoms with Crippen LogP contribution in [0.3, 0.4) is 0 Å². The highest BCUT2D eigenvalue weighted by Crippen LogP contribution is 2.27. The molecule has 0 aromatic heterocycles. The molecule has 0 aliphatic carbocycles. The van der Waals surface area contributed by atoms with Crippen molar-refractivity contribution in [1.29, 1.82) is 0 Å². The first-order valence-corrected chi connectivity index (χ1v) is 12.5. The fraction of sp³-hybridized carbons (Fsp3) is 0.267. The van der Waals surface area contributed by atoms with Gasteiger partial charge in [-0.25, -0.2) is 19.2 Å². The predicted octanol–water partition coefficient (Wildman–Crippen LogP) is 3.75. The van der Waals surface area contributed by atoms with Crippen molar-refractivity contribution in [2.75, 3.05) is 54.9 Å². The first kappa shape index (κ1) is 31.3. The minimum Gasteiger partial charge on any atom is -0.489 e. The van der Waals surface area contributed by atoms with Gasteiger partial charge in [0, 0.05) is 0 Å². The molecule has 0 saturated heterocycles. The molecule has 0 heterocycles. The van der Waals surface area contributed by atoms with Crippen molar-refractivity contribution in [3.05, 3.63) is 82.9 Å². The molecular formula is C30H30O12. The maximum Gasteiger partial charge on any atom is 0.341 e. The molecule has 0 bridgehead atoms. The summed E-state index contributed by atoms with van der Waals surface area (Å²) in [5.41, 5.74) is 0.693. The second kappa shape index (κ2) is 15.5. The van der Waals surface area contributed by atoms with Crippen molar-refractivity contribution in [3.8, 4) is 23.0 Å². The Morgan fingerprint density at radius 2 is 0.786 bits per heavy atom. The molecule has 0 atom stereocenters. The number of hydrogen-bond donors (Lipinski definition) is 0. The average molecular weight is 583 g/mol. The molecule has 0 radical (unpaired) electrons. The van der Waals surface area contributed by atoms with Crippen LogP contribution in [-0.4, -0.2) is 78.7 Å². The topological polar surface area (TPSA) is 142 Å². The molecule has 3 rings (SSSR count). The number of rotatable bonds is 14. The van der Waals surface area contributed by atoms with Gasteiger partial charge in [-0.3, -0.25) is 0 Å². The molecule has 0 unspecified atom stereocenters. The van der Waals surface area contributed by atoms with Crippen molar-refractivity contribution in [1.82, 2.24) is 0 Å². The Balaban J connectivity index is 1.59. The fourth-order valence-corrected chi connectivity index (χ4v) is 3.63. The highest BCUT2D eigenvalue weighted by atomic mass is 16.6. The third-order valence-electron chi connectivity index (χ3n) is 5.66. The summed E-state index contributed by atoms with van der Waals surface area (Å²) in [6.45, 7) is 0.198. The van der Waals surface area contributed by atoms with E-state index in [1.54, 1.807) is 24.3 Å². The molecule has 42 heavy (non-hydrogen) atoms. The average Bonchev–Trinajstić information content (AvgIpc) is 3.03. The SMILES string of the molecule is COC(=O)c1ccc(C(=O)OC)c(OCCOc2ccccc2OCCOc2cc(C(=O)OC)ccc2C(=O)OC)c1. The van der Waals surface area contributed by atoms with Gasteiger partial charge in [0.15, 0.2) is 11.5 Å². The summed E-state index contributed by atoms with van der Waals surface area (Å²) >= 11 is 0. The lowest BCUT2D eigenvalue weighted by molar-refractivity contribution is 0.0581. The fourth-order valence-electron chi connectivity index (χ4n) is 3.63. The van der Waals surface area contributed by atoms with Crippen LogP contribution in [0.2, 0.25) is 0 Å². The first-order chi connectivity index (χ1) is 20.3. The largest absolute Gasteiger partial charge is 0.489 e. The minimum atomic E-state index is -0.626. The molecular weight excluding hydrogens is 552 g/mol. The molecule has 12 heteroatoms. The van der Waals surface area contributed by atoms with Crippen LogP contribution < -0.4 is 18.9 Å². The van der Waals surface area contributed by atoms with Gasteiger partial charge in [-0.2, -0.15) is 0 Å². The molecule has 0 N–H and O–H groups in total. The lowest BCUT2D eigenvalue weighted by atomic mass is 10.1. The number of ether oxygens (including phenoxy) is 8. The number of hydrogen-bond acceptors (Lipinski definition) is 12. The number of esters is 4. The van der Waals surface area contributed by atoms with E-state index in [-0.39, 0.29) is 60.2 Å². The molecule has 222 valence electrons. The third kappa shape index (κ3) is 8.13. The van der Waals surface area contributed by atoms with E-state index in [9.17, 15) is 19.2 Å². The molecule has 0 saturated carbocycles. The number of carbonyl (C=O) groups is 4. The van der Waals surface area contributed by atoms with Crippen molar-refractivity contribution in [3.63, 3.8) is 0 Å². The second-order valence-corrected chi connectivity index (χ2v) is 8.23. The second-order valence-electron chi connectivity index (χ2n) is 8.23. The zero-order valence-corrected chi connectivity index (χ0v) is 23.5. The van der Waals surface area contributed by atoms with Gasteiger partial charge in [0.2, 0.25) is 0 Å². The number of para-hydroxylation sites is 2. The maximum atomic E-state index is 12.1. The predicted molar refractivity (Wildman–Crippen MR) is 147 cm³/mol. The monoisotopic (exact) mass is 582 g/mol. The van der Waals surface area contributed by atoms with Crippen LogP contribution in [0.5, 0.6) is 23.0 Å². The van der Waals surface area contributed by atoms with Gasteiger partial charge in [-0.15, -0.1) is 0 Å². The Bertz CT molecular complexity index is 1310. The Kier molecular flexibility index (Phi) is 11.5. The van der Waals surface area contributed by atoms with Gasteiger partial charge in [-0.1, -0.05) is 12.1 Å². The lowest BCUT2D eigenvalue weighted by Crippen LogP contribution is -2.15. The summed E-state index contributed by atoms with van der Waals surface area (Å²) < 4.78 is 42.0. The van der Waals surface area contributed by atoms with E-state index in [1.165, 1.54) is 64.8 Å². The first-order valence-electron chi connectivity index (χ1n) is 12.5. The molecule has 0 spiro atoms. The lowest BCUT2D eigenvalue weighted by Gasteiger charge is -2.15. The summed E-state index contributed by atoms with van der Waals surface area (Å²) in [5.74, 6) is -1.31. The van der Waals surface area contributed by atoms with Gasteiger partial charge in [0.25, 0.3) is 0 Å². The third-order valence-corrected chi connectivity index (χ3v) is 5.66. The minimum absolute atomic E-state index is 0.0267. The Labute approximate surface area is 241 Å². The van der Waals surface area contributed by atoms with Crippen LogP contribution in [0.25, 0.3) is 0 Å². The van der Waals surface area contributed by atoms with Gasteiger partial charge in [0.1, 0.15) is 49.1 Å². The highest BCUT2D eigenvalue weighted by molar-refractivity contribution is 5.96. The van der Waals surface area contributed by atoms with E-state index < -0.39 is 23.9 Å². The van der Waals surface area contributed by atoms with Crippen molar-refractivity contribution < 1.29 is 57.1 Å². The molecule has 12 nitrogen and oxygen atoms in total. The molecule has 3 aromatic rings. The van der Waals surface area contributed by atoms with Crippen molar-refractivity contribution in [2.24, 2.45) is 0 Å². The van der Waals surface area contributed by atoms with E-state index in [2.05, 4.69) is 0 Å². The van der Waals surface area contributed by atoms with E-state index in [0.29, 0.717) is 11.5 Å². The molecule has 0 fully saturated rings. The van der Waals surface area contributed by atoms with E-state index >= 15 is 0 Å². The Hall–Kier alpha value is -5.26. The number of benzene rings is 3. The van der Waals surface area contributed by atoms with E-state index in [1.807, 2.05) is 0 Å². The van der Waals surface area contributed by atoms with Crippen molar-refractivity contribution in [2.45, 2.75) is 0 Å². The zero-order chi connectivity index (χ0) is 30.5. The van der Waals surface area contributed by atoms with Crippen LogP contribution in [0, 0.1) is 0 Å². The maximum absolute atomic E-state index is 12.1. The molecule has 3 aromatic carbocycles. The summed E-state index contributed by atoms with van der Waals surface area (Å²) in [5, 5.41) is 0. The summed E-state index contributed by atoms with van der Waals surface area (Å²) in [4.78, 5) is 48.0. The number of carbonyl (C=O) groups excluding carboxylic acids is 4. The van der Waals surface area contributed by atoms with Gasteiger partial charge >= 0.3 is 23.9 Å². The highest BCUT2D eigenvalue weighted by Gasteiger charge is 2.18. The van der Waals surface area contributed by atoms with Gasteiger partial charge in [-0.05, 0) is 48.5 Å². The van der Waals surface area contributed by atoms with Crippen LogP contribution in [0.1, 0.15) is 41.4 Å². The van der Waals surface area contributed by atoms with Gasteiger partial charge < -0.3 is 37.9 Å². The molecule has 0 aliphatic rings. The van der Waals surface area contributed by atoms with Crippen LogP contribution in [0.15, 0.2) is 60.7 Å². The smallest absolute Gasteiger partial charge is 0.341 e. The number of methoxy groups -OCH3 is 4. The quantitative estimate of drug-likeness (QED) is 0.155. The van der Waals surface area contributed by atoms with E-state index in [0.717, 1.165) is 0 Å². The molecule has 0 amide bonds. The summed E-state index contributed by atoms with van der Waals surface area (Å²) in [6.07, 6.45) is 0. The summed E-state index contributed by atoms with van der Waals surface area (Å²) in [7, 11) is 4.98. The van der Waals surface area contributed by atoms with E-state index in [4.69, 9.17) is 37.9 Å². The Morgan fingerprint density at radius 1 is 0.452 bits per heavy atom. The Morgan fingerprint density at radius 3 is 1.12 bits per heavy atom. The standard InChI is InChI=1S/C30H30O12/c1-35-27(31)19-9-11-21(29(33)37-3)25(17-19)41-15-13-39-23-7-5-6-8-24(23)40-14-16-42-26-18-20(28(32)36-2)10-12-22(26)30(34)38-4/h5-12,17-18H,13-16H2,1-4H3. The van der Waals surface area contributed by atoms with Crippen LogP contribution in [-0.2, 0) is 18.9 Å². The van der Waals surface area contributed by atoms with Crippen LogP contribution >= 0.6 is 0 Å². The van der Waals surface area contributed by atoms with Crippen molar-refractivity contribution >= 4 is 23.9 Å². The zero-order valence-electron chi connectivity index (χ0n) is 23.5.